The van der Waals surface area contributed by atoms with Crippen molar-refractivity contribution in [3.8, 4) is 5.75 Å². The van der Waals surface area contributed by atoms with Crippen LogP contribution in [0.25, 0.3) is 11.0 Å². The molecule has 0 saturated heterocycles. The van der Waals surface area contributed by atoms with Crippen LogP contribution >= 0.6 is 0 Å². The minimum absolute atomic E-state index is 0.263. The molecule has 1 heterocycles. The summed E-state index contributed by atoms with van der Waals surface area (Å²) < 4.78 is 16.3. The predicted octanol–water partition coefficient (Wildman–Crippen LogP) is 4.52. The number of benzene rings is 1. The van der Waals surface area contributed by atoms with Crippen LogP contribution in [0.5, 0.6) is 5.75 Å². The van der Waals surface area contributed by atoms with E-state index in [2.05, 4.69) is 5.32 Å². The summed E-state index contributed by atoms with van der Waals surface area (Å²) in [5.74, 6) is 0.0290. The van der Waals surface area contributed by atoms with Gasteiger partial charge in [0.1, 0.15) is 23.0 Å². The van der Waals surface area contributed by atoms with E-state index in [1.165, 1.54) is 0 Å². The number of aryl methyl sites for hydroxylation is 1. The molecule has 1 aliphatic carbocycles. The minimum Gasteiger partial charge on any atom is -0.444 e. The van der Waals surface area contributed by atoms with Crippen molar-refractivity contribution < 1.29 is 23.5 Å². The number of esters is 1. The number of hydrogen-bond donors (Lipinski definition) is 1. The number of alkyl carbamates (subject to hydrolysis) is 1. The molecule has 0 bridgehead atoms. The Morgan fingerprint density at radius 2 is 1.84 bits per heavy atom. The third kappa shape index (κ3) is 5.87. The van der Waals surface area contributed by atoms with Gasteiger partial charge in [0.2, 0.25) is 0 Å². The van der Waals surface area contributed by atoms with E-state index in [4.69, 9.17) is 13.9 Å². The first-order valence-corrected chi connectivity index (χ1v) is 10.8. The molecule has 1 atom stereocenters. The summed E-state index contributed by atoms with van der Waals surface area (Å²) in [4.78, 5) is 37.2. The molecule has 1 aromatic carbocycles. The molecule has 1 aromatic heterocycles. The number of rotatable bonds is 6. The summed E-state index contributed by atoms with van der Waals surface area (Å²) in [5, 5.41) is 3.49. The predicted molar refractivity (Wildman–Crippen MR) is 117 cm³/mol. The van der Waals surface area contributed by atoms with Gasteiger partial charge in [0, 0.05) is 17.0 Å². The zero-order valence-corrected chi connectivity index (χ0v) is 18.9. The van der Waals surface area contributed by atoms with Crippen molar-refractivity contribution in [2.75, 3.05) is 0 Å². The molecular formula is C24H31NO6. The second kappa shape index (κ2) is 9.12. The van der Waals surface area contributed by atoms with Gasteiger partial charge in [0.05, 0.1) is 0 Å². The first kappa shape index (κ1) is 22.8. The molecule has 7 heteroatoms. The topological polar surface area (TPSA) is 94.8 Å². The summed E-state index contributed by atoms with van der Waals surface area (Å²) >= 11 is 0. The van der Waals surface area contributed by atoms with E-state index in [0.717, 1.165) is 42.2 Å². The van der Waals surface area contributed by atoms with E-state index in [0.29, 0.717) is 17.9 Å². The van der Waals surface area contributed by atoms with Crippen molar-refractivity contribution in [3.05, 3.63) is 39.7 Å². The lowest BCUT2D eigenvalue weighted by atomic mass is 10.0. The van der Waals surface area contributed by atoms with Gasteiger partial charge < -0.3 is 19.2 Å². The highest BCUT2D eigenvalue weighted by Gasteiger charge is 2.26. The van der Waals surface area contributed by atoms with Gasteiger partial charge in [0.25, 0.3) is 0 Å². The van der Waals surface area contributed by atoms with Crippen LogP contribution in [0.15, 0.2) is 27.4 Å². The Morgan fingerprint density at radius 3 is 2.52 bits per heavy atom. The Hall–Kier alpha value is -2.83. The maximum Gasteiger partial charge on any atom is 0.408 e. The fraction of sp³-hybridized carbons (Fsp3) is 0.542. The second-order valence-corrected chi connectivity index (χ2v) is 9.45. The maximum absolute atomic E-state index is 12.8. The average molecular weight is 430 g/mol. The molecule has 0 unspecified atom stereocenters. The molecule has 3 rings (SSSR count). The summed E-state index contributed by atoms with van der Waals surface area (Å²) in [6.45, 7) is 9.36. The zero-order valence-electron chi connectivity index (χ0n) is 18.9. The van der Waals surface area contributed by atoms with Crippen LogP contribution in [-0.4, -0.2) is 23.7 Å². The fourth-order valence-corrected chi connectivity index (χ4v) is 3.71. The lowest BCUT2D eigenvalue weighted by molar-refractivity contribution is -0.137. The van der Waals surface area contributed by atoms with Gasteiger partial charge in [-0.3, -0.25) is 0 Å². The van der Waals surface area contributed by atoms with Gasteiger partial charge in [-0.15, -0.1) is 0 Å². The highest BCUT2D eigenvalue weighted by Crippen LogP contribution is 2.29. The molecule has 1 aliphatic rings. The van der Waals surface area contributed by atoms with Crippen LogP contribution in [0, 0.1) is 5.92 Å². The molecule has 168 valence electrons. The third-order valence-electron chi connectivity index (χ3n) is 5.17. The summed E-state index contributed by atoms with van der Waals surface area (Å²) in [7, 11) is 0. The molecule has 1 N–H and O–H groups in total. The van der Waals surface area contributed by atoms with E-state index in [-0.39, 0.29) is 11.4 Å². The Morgan fingerprint density at radius 1 is 1.13 bits per heavy atom. The third-order valence-corrected chi connectivity index (χ3v) is 5.17. The highest BCUT2D eigenvalue weighted by molar-refractivity contribution is 5.86. The highest BCUT2D eigenvalue weighted by atomic mass is 16.6. The number of carbonyl (C=O) groups is 2. The van der Waals surface area contributed by atoms with Crippen LogP contribution in [0.4, 0.5) is 4.79 Å². The average Bonchev–Trinajstić information content (AvgIpc) is 3.14. The smallest absolute Gasteiger partial charge is 0.408 e. The normalized spacial score (nSPS) is 14.4. The molecule has 0 radical (unpaired) electrons. The molecule has 31 heavy (non-hydrogen) atoms. The maximum atomic E-state index is 12.8. The number of amides is 1. The van der Waals surface area contributed by atoms with Crippen LogP contribution in [0.1, 0.15) is 65.0 Å². The van der Waals surface area contributed by atoms with Crippen molar-refractivity contribution in [3.63, 3.8) is 0 Å². The van der Waals surface area contributed by atoms with E-state index in [1.807, 2.05) is 19.9 Å². The summed E-state index contributed by atoms with van der Waals surface area (Å²) in [6, 6.07) is 4.21. The lowest BCUT2D eigenvalue weighted by Crippen LogP contribution is -2.45. The monoisotopic (exact) mass is 429 g/mol. The van der Waals surface area contributed by atoms with Crippen molar-refractivity contribution >= 4 is 23.0 Å². The molecule has 7 nitrogen and oxygen atoms in total. The molecule has 0 saturated carbocycles. The van der Waals surface area contributed by atoms with Gasteiger partial charge in [-0.05, 0) is 76.5 Å². The summed E-state index contributed by atoms with van der Waals surface area (Å²) in [6.07, 6.45) is 2.99. The first-order valence-electron chi connectivity index (χ1n) is 10.8. The largest absolute Gasteiger partial charge is 0.444 e. The van der Waals surface area contributed by atoms with Gasteiger partial charge in [-0.2, -0.15) is 0 Å². The van der Waals surface area contributed by atoms with Crippen LogP contribution in [0.2, 0.25) is 0 Å². The van der Waals surface area contributed by atoms with E-state index < -0.39 is 23.7 Å². The number of ether oxygens (including phenoxy) is 2. The van der Waals surface area contributed by atoms with Gasteiger partial charge >= 0.3 is 17.7 Å². The molecule has 2 aromatic rings. The Kier molecular flexibility index (Phi) is 6.72. The van der Waals surface area contributed by atoms with Crippen molar-refractivity contribution in [1.29, 1.82) is 0 Å². The quantitative estimate of drug-likeness (QED) is 0.412. The number of carbonyl (C=O) groups excluding carboxylic acids is 2. The van der Waals surface area contributed by atoms with Gasteiger partial charge in [-0.25, -0.2) is 14.4 Å². The van der Waals surface area contributed by atoms with Crippen LogP contribution in [-0.2, 0) is 22.4 Å². The van der Waals surface area contributed by atoms with Gasteiger partial charge in [0.15, 0.2) is 0 Å². The SMILES string of the molecule is CC(C)CC[C@@H](NC(=O)OC(C)(C)C)C(=O)Oc1ccc2c3c(c(=O)oc2c1)CCC3. The Labute approximate surface area is 182 Å². The number of nitrogens with one attached hydrogen (secondary N) is 1. The first-order chi connectivity index (χ1) is 14.5. The van der Waals surface area contributed by atoms with Crippen LogP contribution < -0.4 is 15.7 Å². The summed E-state index contributed by atoms with van der Waals surface area (Å²) in [5.41, 5.74) is 1.16. The zero-order chi connectivity index (χ0) is 22.8. The molecule has 0 spiro atoms. The molecule has 0 fully saturated rings. The van der Waals surface area contributed by atoms with Crippen molar-refractivity contribution in [2.24, 2.45) is 5.92 Å². The fourth-order valence-electron chi connectivity index (χ4n) is 3.71. The number of fused-ring (bicyclic) bond motifs is 3. The number of hydrogen-bond acceptors (Lipinski definition) is 6. The van der Waals surface area contributed by atoms with E-state index >= 15 is 0 Å². The molecular weight excluding hydrogens is 398 g/mol. The second-order valence-electron chi connectivity index (χ2n) is 9.45. The minimum atomic E-state index is -0.847. The van der Waals surface area contributed by atoms with Crippen LogP contribution in [0.3, 0.4) is 0 Å². The van der Waals surface area contributed by atoms with Crippen molar-refractivity contribution in [1.82, 2.24) is 5.32 Å². The lowest BCUT2D eigenvalue weighted by Gasteiger charge is -2.23. The van der Waals surface area contributed by atoms with Crippen molar-refractivity contribution in [2.45, 2.75) is 78.4 Å². The Balaban J connectivity index is 1.78. The standard InChI is InChI=1S/C24H31NO6/c1-14(2)9-12-19(25-23(28)31-24(3,4)5)22(27)29-15-10-11-17-16-7-6-8-18(16)21(26)30-20(17)13-15/h10-11,13-14,19H,6-9,12H2,1-5H3,(H,25,28)/t19-/m1/s1. The van der Waals surface area contributed by atoms with E-state index in [1.54, 1.807) is 32.9 Å². The van der Waals surface area contributed by atoms with Gasteiger partial charge in [-0.1, -0.05) is 13.8 Å². The molecule has 0 aliphatic heterocycles. The van der Waals surface area contributed by atoms with E-state index in [9.17, 15) is 14.4 Å². The molecule has 1 amide bonds. The Bertz CT molecular complexity index is 1030.